The maximum Gasteiger partial charge on any atom is 0.529 e. The van der Waals surface area contributed by atoms with Crippen LogP contribution in [0.25, 0.3) is 0 Å². The third-order valence-corrected chi connectivity index (χ3v) is 4.42. The maximum absolute atomic E-state index is 11.8. The zero-order chi connectivity index (χ0) is 14.3. The van der Waals surface area contributed by atoms with Crippen LogP contribution in [0.2, 0.25) is 0 Å². The van der Waals surface area contributed by atoms with Crippen molar-refractivity contribution in [3.63, 3.8) is 0 Å². The highest BCUT2D eigenvalue weighted by Gasteiger charge is 2.27. The van der Waals surface area contributed by atoms with E-state index in [9.17, 15) is 4.57 Å². The van der Waals surface area contributed by atoms with Crippen LogP contribution in [-0.4, -0.2) is 20.8 Å². The van der Waals surface area contributed by atoms with Crippen molar-refractivity contribution in [2.45, 2.75) is 19.8 Å². The minimum atomic E-state index is -3.66. The van der Waals surface area contributed by atoms with E-state index in [-0.39, 0.29) is 10.6 Å². The summed E-state index contributed by atoms with van der Waals surface area (Å²) in [6.07, 6.45) is 1.94. The lowest BCUT2D eigenvalue weighted by Gasteiger charge is -2.12. The molecule has 0 amide bonds. The minimum absolute atomic E-state index is 0.144. The first-order valence-corrected chi connectivity index (χ1v) is 7.94. The summed E-state index contributed by atoms with van der Waals surface area (Å²) >= 11 is 1.13. The van der Waals surface area contributed by atoms with Gasteiger partial charge in [-0.3, -0.25) is 9.05 Å². The molecule has 1 aromatic rings. The number of rotatable bonds is 8. The van der Waals surface area contributed by atoms with Crippen molar-refractivity contribution in [3.8, 4) is 16.9 Å². The van der Waals surface area contributed by atoms with Gasteiger partial charge in [-0.25, -0.2) is 4.57 Å². The Hall–Kier alpha value is -1.06. The molecule has 0 saturated heterocycles. The average molecular weight is 305 g/mol. The van der Waals surface area contributed by atoms with Crippen molar-refractivity contribution in [2.75, 3.05) is 20.8 Å². The zero-order valence-electron chi connectivity index (χ0n) is 11.0. The molecule has 0 aliphatic rings. The van der Waals surface area contributed by atoms with Gasteiger partial charge >= 0.3 is 7.82 Å². The molecule has 0 radical (unpaired) electrons. The van der Waals surface area contributed by atoms with Crippen LogP contribution in [0.1, 0.15) is 24.6 Å². The smallest absolute Gasteiger partial charge is 0.484 e. The van der Waals surface area contributed by atoms with Crippen LogP contribution in [0.5, 0.6) is 10.8 Å². The summed E-state index contributed by atoms with van der Waals surface area (Å²) in [5.74, 6) is 0.144. The molecule has 6 nitrogen and oxygen atoms in total. The summed E-state index contributed by atoms with van der Waals surface area (Å²) < 4.78 is 31.8. The molecular weight excluding hydrogens is 289 g/mol. The molecule has 19 heavy (non-hydrogen) atoms. The average Bonchev–Trinajstić information content (AvgIpc) is 2.80. The lowest BCUT2D eigenvalue weighted by atomic mass is 10.4. The molecule has 1 rings (SSSR count). The van der Waals surface area contributed by atoms with E-state index >= 15 is 0 Å². The fourth-order valence-electron chi connectivity index (χ4n) is 1.16. The van der Waals surface area contributed by atoms with E-state index in [4.69, 9.17) is 14.5 Å². The highest BCUT2D eigenvalue weighted by atomic mass is 32.1. The number of nitrogens with zero attached hydrogens (tertiary/aromatic N) is 1. The Kier molecular flexibility index (Phi) is 6.32. The number of hydrogen-bond donors (Lipinski definition) is 0. The predicted molar refractivity (Wildman–Crippen MR) is 71.7 cm³/mol. The molecule has 0 bridgehead atoms. The van der Waals surface area contributed by atoms with Gasteiger partial charge in [-0.1, -0.05) is 24.7 Å². The van der Waals surface area contributed by atoms with E-state index in [1.807, 2.05) is 6.07 Å². The number of ether oxygens (including phenoxy) is 1. The van der Waals surface area contributed by atoms with Crippen molar-refractivity contribution in [1.82, 2.24) is 0 Å². The largest absolute Gasteiger partial charge is 0.529 e. The minimum Gasteiger partial charge on any atom is -0.484 e. The number of phosphoric ester groups is 1. The van der Waals surface area contributed by atoms with Crippen LogP contribution in [0, 0.1) is 11.3 Å². The van der Waals surface area contributed by atoms with Crippen molar-refractivity contribution < 1.29 is 22.9 Å². The van der Waals surface area contributed by atoms with Crippen LogP contribution in [-0.2, 0) is 13.6 Å². The van der Waals surface area contributed by atoms with E-state index in [1.54, 1.807) is 0 Å². The van der Waals surface area contributed by atoms with Gasteiger partial charge in [-0.15, -0.1) is 0 Å². The topological polar surface area (TPSA) is 77.8 Å². The standard InChI is InChI=1S/C11H16NO5PS/c1-4-5-6-16-11-7-9(10(8-12)19-11)17-18(13,14-2)15-3/h7H,4-6H2,1-3H3. The van der Waals surface area contributed by atoms with Crippen molar-refractivity contribution in [1.29, 1.82) is 5.26 Å². The molecule has 1 aromatic heterocycles. The highest BCUT2D eigenvalue weighted by molar-refractivity contribution is 7.48. The van der Waals surface area contributed by atoms with Gasteiger partial charge < -0.3 is 9.26 Å². The highest BCUT2D eigenvalue weighted by Crippen LogP contribution is 2.50. The van der Waals surface area contributed by atoms with Gasteiger partial charge in [0.25, 0.3) is 0 Å². The molecule has 0 unspecified atom stereocenters. The van der Waals surface area contributed by atoms with Gasteiger partial charge in [-0.2, -0.15) is 5.26 Å². The van der Waals surface area contributed by atoms with Gasteiger partial charge in [0.05, 0.1) is 6.61 Å². The quantitative estimate of drug-likeness (QED) is 0.539. The van der Waals surface area contributed by atoms with Gasteiger partial charge in [0.1, 0.15) is 6.07 Å². The summed E-state index contributed by atoms with van der Waals surface area (Å²) in [5.41, 5.74) is 0. The maximum atomic E-state index is 11.8. The van der Waals surface area contributed by atoms with Crippen molar-refractivity contribution in [2.24, 2.45) is 0 Å². The number of unbranched alkanes of at least 4 members (excludes halogenated alkanes) is 1. The van der Waals surface area contributed by atoms with Crippen molar-refractivity contribution >= 4 is 19.2 Å². The summed E-state index contributed by atoms with van der Waals surface area (Å²) in [6, 6.07) is 3.48. The normalized spacial score (nSPS) is 11.1. The molecule has 106 valence electrons. The first-order valence-electron chi connectivity index (χ1n) is 5.66. The third kappa shape index (κ3) is 4.51. The number of phosphoric acid groups is 1. The Labute approximate surface area is 116 Å². The molecule has 8 heteroatoms. The van der Waals surface area contributed by atoms with Crippen LogP contribution >= 0.6 is 19.2 Å². The fraction of sp³-hybridized carbons (Fsp3) is 0.545. The van der Waals surface area contributed by atoms with Gasteiger partial charge in [0.2, 0.25) is 0 Å². The Bertz CT molecular complexity index is 488. The molecule has 0 spiro atoms. The number of nitriles is 1. The van der Waals surface area contributed by atoms with Crippen molar-refractivity contribution in [3.05, 3.63) is 10.9 Å². The summed E-state index contributed by atoms with van der Waals surface area (Å²) in [4.78, 5) is 0.265. The molecule has 1 heterocycles. The van der Waals surface area contributed by atoms with Crippen LogP contribution in [0.15, 0.2) is 6.07 Å². The summed E-state index contributed by atoms with van der Waals surface area (Å²) in [7, 11) is -1.24. The molecule has 0 aromatic carbocycles. The van der Waals surface area contributed by atoms with E-state index < -0.39 is 7.82 Å². The summed E-state index contributed by atoms with van der Waals surface area (Å²) in [6.45, 7) is 2.62. The molecular formula is C11H16NO5PS. The first-order chi connectivity index (χ1) is 9.08. The molecule has 0 atom stereocenters. The Morgan fingerprint density at radius 2 is 2.11 bits per heavy atom. The van der Waals surface area contributed by atoms with Crippen LogP contribution < -0.4 is 9.26 Å². The van der Waals surface area contributed by atoms with E-state index in [0.717, 1.165) is 24.2 Å². The Morgan fingerprint density at radius 3 is 2.63 bits per heavy atom. The Balaban J connectivity index is 2.83. The Morgan fingerprint density at radius 1 is 1.42 bits per heavy atom. The second-order valence-corrected chi connectivity index (χ2v) is 6.30. The fourth-order valence-corrected chi connectivity index (χ4v) is 2.66. The van der Waals surface area contributed by atoms with E-state index in [2.05, 4.69) is 16.0 Å². The van der Waals surface area contributed by atoms with E-state index in [1.165, 1.54) is 20.3 Å². The number of thiophene rings is 1. The second-order valence-electron chi connectivity index (χ2n) is 3.48. The lowest BCUT2D eigenvalue weighted by Crippen LogP contribution is -1.97. The first kappa shape index (κ1) is 16.0. The molecule has 0 aliphatic carbocycles. The molecule has 0 N–H and O–H groups in total. The summed E-state index contributed by atoms with van der Waals surface area (Å²) in [5, 5.41) is 9.54. The molecule has 0 saturated carbocycles. The van der Waals surface area contributed by atoms with Crippen LogP contribution in [0.3, 0.4) is 0 Å². The lowest BCUT2D eigenvalue weighted by molar-refractivity contribution is 0.211. The number of hydrogen-bond acceptors (Lipinski definition) is 7. The van der Waals surface area contributed by atoms with Gasteiger partial charge in [-0.05, 0) is 6.42 Å². The van der Waals surface area contributed by atoms with E-state index in [0.29, 0.717) is 11.7 Å². The van der Waals surface area contributed by atoms with Gasteiger partial charge in [0, 0.05) is 20.3 Å². The van der Waals surface area contributed by atoms with Crippen LogP contribution in [0.4, 0.5) is 0 Å². The third-order valence-electron chi connectivity index (χ3n) is 2.18. The monoisotopic (exact) mass is 305 g/mol. The second kappa shape index (κ2) is 7.51. The zero-order valence-corrected chi connectivity index (χ0v) is 12.8. The molecule has 0 aliphatic heterocycles. The molecule has 0 fully saturated rings. The SMILES string of the molecule is CCCCOc1cc(OP(=O)(OC)OC)c(C#N)s1. The predicted octanol–water partition coefficient (Wildman–Crippen LogP) is 3.58. The van der Waals surface area contributed by atoms with Gasteiger partial charge in [0.15, 0.2) is 15.7 Å².